The van der Waals surface area contributed by atoms with Crippen molar-refractivity contribution in [1.82, 2.24) is 19.7 Å². The van der Waals surface area contributed by atoms with Gasteiger partial charge in [-0.05, 0) is 6.07 Å². The van der Waals surface area contributed by atoms with Crippen molar-refractivity contribution >= 4 is 33.2 Å². The Bertz CT molecular complexity index is 948. The monoisotopic (exact) mass is 325 g/mol. The summed E-state index contributed by atoms with van der Waals surface area (Å²) in [6.45, 7) is 0.372. The van der Waals surface area contributed by atoms with Gasteiger partial charge in [-0.2, -0.15) is 5.10 Å². The maximum absolute atomic E-state index is 13.8. The fourth-order valence-corrected chi connectivity index (χ4v) is 2.89. The van der Waals surface area contributed by atoms with E-state index in [0.29, 0.717) is 17.9 Å². The topological polar surface area (TPSA) is 55.6 Å². The molecule has 0 amide bonds. The van der Waals surface area contributed by atoms with Gasteiger partial charge >= 0.3 is 0 Å². The Balaban J connectivity index is 1.69. The standard InChI is InChI=1S/C16H12FN5S/c17-13-4-2-1-3-11(13)10-22-14-7-15(19-8-12(14)9-20-22)21-16-18-5-6-23-16/h1-9H,10H2,(H,18,19,21). The lowest BCUT2D eigenvalue weighted by Gasteiger charge is -2.06. The molecule has 0 atom stereocenters. The first-order chi connectivity index (χ1) is 11.3. The van der Waals surface area contributed by atoms with Crippen LogP contribution in [-0.2, 0) is 6.54 Å². The molecule has 0 saturated heterocycles. The molecule has 4 rings (SSSR count). The molecule has 0 fully saturated rings. The number of aromatic nitrogens is 4. The summed E-state index contributed by atoms with van der Waals surface area (Å²) in [6, 6.07) is 8.61. The van der Waals surface area contributed by atoms with E-state index in [1.165, 1.54) is 17.4 Å². The van der Waals surface area contributed by atoms with Crippen LogP contribution in [0.5, 0.6) is 0 Å². The van der Waals surface area contributed by atoms with Crippen molar-refractivity contribution in [2.45, 2.75) is 6.54 Å². The van der Waals surface area contributed by atoms with Crippen LogP contribution in [0.1, 0.15) is 5.56 Å². The van der Waals surface area contributed by atoms with Crippen LogP contribution in [0.2, 0.25) is 0 Å². The minimum absolute atomic E-state index is 0.230. The Morgan fingerprint density at radius 3 is 2.91 bits per heavy atom. The van der Waals surface area contributed by atoms with Gasteiger partial charge in [0, 0.05) is 34.8 Å². The van der Waals surface area contributed by atoms with Gasteiger partial charge in [0.2, 0.25) is 0 Å². The molecular formula is C16H12FN5S. The lowest BCUT2D eigenvalue weighted by atomic mass is 10.2. The number of halogens is 1. The lowest BCUT2D eigenvalue weighted by Crippen LogP contribution is -2.03. The summed E-state index contributed by atoms with van der Waals surface area (Å²) in [5, 5.41) is 11.1. The van der Waals surface area contributed by atoms with Crippen LogP contribution in [0.15, 0.2) is 54.3 Å². The molecule has 0 radical (unpaired) electrons. The lowest BCUT2D eigenvalue weighted by molar-refractivity contribution is 0.590. The van der Waals surface area contributed by atoms with Crippen LogP contribution in [0.3, 0.4) is 0 Å². The first-order valence-electron chi connectivity index (χ1n) is 7.01. The summed E-state index contributed by atoms with van der Waals surface area (Å²) in [5.74, 6) is 0.453. The van der Waals surface area contributed by atoms with Crippen molar-refractivity contribution < 1.29 is 4.39 Å². The predicted molar refractivity (Wildman–Crippen MR) is 88.4 cm³/mol. The maximum atomic E-state index is 13.8. The third kappa shape index (κ3) is 2.78. The number of thiazole rings is 1. The summed E-state index contributed by atoms with van der Waals surface area (Å²) < 4.78 is 15.6. The van der Waals surface area contributed by atoms with E-state index in [1.807, 2.05) is 17.5 Å². The molecule has 3 heterocycles. The van der Waals surface area contributed by atoms with Crippen molar-refractivity contribution in [3.63, 3.8) is 0 Å². The number of fused-ring (bicyclic) bond motifs is 1. The Kier molecular flexibility index (Phi) is 3.47. The molecule has 1 aromatic carbocycles. The Labute approximate surface area is 135 Å². The van der Waals surface area contributed by atoms with Crippen molar-refractivity contribution in [3.8, 4) is 0 Å². The molecule has 114 valence electrons. The molecule has 0 aliphatic heterocycles. The number of hydrogen-bond donors (Lipinski definition) is 1. The number of pyridine rings is 1. The van der Waals surface area contributed by atoms with Crippen molar-refractivity contribution in [2.75, 3.05) is 5.32 Å². The Morgan fingerprint density at radius 1 is 1.17 bits per heavy atom. The fraction of sp³-hybridized carbons (Fsp3) is 0.0625. The van der Waals surface area contributed by atoms with E-state index < -0.39 is 0 Å². The highest BCUT2D eigenvalue weighted by atomic mass is 32.1. The summed E-state index contributed by atoms with van der Waals surface area (Å²) in [6.07, 6.45) is 5.21. The predicted octanol–water partition coefficient (Wildman–Crippen LogP) is 3.82. The van der Waals surface area contributed by atoms with E-state index in [-0.39, 0.29) is 5.82 Å². The highest BCUT2D eigenvalue weighted by Crippen LogP contribution is 2.22. The summed E-state index contributed by atoms with van der Waals surface area (Å²) in [7, 11) is 0. The van der Waals surface area contributed by atoms with Gasteiger partial charge in [0.25, 0.3) is 0 Å². The van der Waals surface area contributed by atoms with Gasteiger partial charge in [-0.3, -0.25) is 4.68 Å². The smallest absolute Gasteiger partial charge is 0.188 e. The number of anilines is 2. The van der Waals surface area contributed by atoms with Crippen LogP contribution in [0.4, 0.5) is 15.3 Å². The highest BCUT2D eigenvalue weighted by molar-refractivity contribution is 7.13. The minimum Gasteiger partial charge on any atom is -0.316 e. The molecule has 0 spiro atoms. The highest BCUT2D eigenvalue weighted by Gasteiger charge is 2.08. The van der Waals surface area contributed by atoms with Crippen LogP contribution in [0, 0.1) is 5.82 Å². The van der Waals surface area contributed by atoms with E-state index >= 15 is 0 Å². The molecule has 0 aliphatic carbocycles. The number of nitrogens with zero attached hydrogens (tertiary/aromatic N) is 4. The average molecular weight is 325 g/mol. The van der Waals surface area contributed by atoms with Gasteiger partial charge in [-0.25, -0.2) is 14.4 Å². The zero-order valence-electron chi connectivity index (χ0n) is 12.0. The van der Waals surface area contributed by atoms with Crippen LogP contribution in [0.25, 0.3) is 10.9 Å². The molecule has 0 bridgehead atoms. The summed E-state index contributed by atoms with van der Waals surface area (Å²) in [5.41, 5.74) is 1.49. The quantitative estimate of drug-likeness (QED) is 0.620. The van der Waals surface area contributed by atoms with E-state index in [9.17, 15) is 4.39 Å². The number of rotatable bonds is 4. The molecule has 0 aliphatic rings. The van der Waals surface area contributed by atoms with Gasteiger partial charge in [-0.1, -0.05) is 18.2 Å². The zero-order chi connectivity index (χ0) is 15.6. The number of benzene rings is 1. The van der Waals surface area contributed by atoms with Gasteiger partial charge in [0.15, 0.2) is 5.13 Å². The maximum Gasteiger partial charge on any atom is 0.188 e. The van der Waals surface area contributed by atoms with E-state index in [1.54, 1.807) is 35.4 Å². The SMILES string of the molecule is Fc1ccccc1Cn1ncc2cnc(Nc3nccs3)cc21. The first kappa shape index (κ1) is 13.8. The third-order valence-corrected chi connectivity index (χ3v) is 4.16. The molecule has 0 unspecified atom stereocenters. The Morgan fingerprint density at radius 2 is 2.09 bits per heavy atom. The second-order valence-corrected chi connectivity index (χ2v) is 5.88. The van der Waals surface area contributed by atoms with Gasteiger partial charge in [-0.15, -0.1) is 11.3 Å². The molecular weight excluding hydrogens is 313 g/mol. The van der Waals surface area contributed by atoms with Crippen LogP contribution < -0.4 is 5.32 Å². The van der Waals surface area contributed by atoms with Crippen LogP contribution >= 0.6 is 11.3 Å². The molecule has 7 heteroatoms. The molecule has 23 heavy (non-hydrogen) atoms. The van der Waals surface area contributed by atoms with Gasteiger partial charge < -0.3 is 5.32 Å². The van der Waals surface area contributed by atoms with E-state index in [4.69, 9.17) is 0 Å². The third-order valence-electron chi connectivity index (χ3n) is 3.47. The number of nitrogens with one attached hydrogen (secondary N) is 1. The summed E-state index contributed by atoms with van der Waals surface area (Å²) >= 11 is 1.50. The van der Waals surface area contributed by atoms with E-state index in [0.717, 1.165) is 16.0 Å². The average Bonchev–Trinajstić information content (AvgIpc) is 3.20. The van der Waals surface area contributed by atoms with Crippen molar-refractivity contribution in [3.05, 3.63) is 65.7 Å². The Hall–Kier alpha value is -2.80. The molecule has 0 saturated carbocycles. The summed E-state index contributed by atoms with van der Waals surface area (Å²) in [4.78, 5) is 8.52. The first-order valence-corrected chi connectivity index (χ1v) is 7.89. The van der Waals surface area contributed by atoms with Crippen molar-refractivity contribution in [2.24, 2.45) is 0 Å². The van der Waals surface area contributed by atoms with Crippen molar-refractivity contribution in [1.29, 1.82) is 0 Å². The molecule has 4 aromatic rings. The van der Waals surface area contributed by atoms with E-state index in [2.05, 4.69) is 20.4 Å². The van der Waals surface area contributed by atoms with Crippen LogP contribution in [-0.4, -0.2) is 19.7 Å². The fourth-order valence-electron chi connectivity index (χ4n) is 2.35. The normalized spacial score (nSPS) is 11.0. The minimum atomic E-state index is -0.230. The molecule has 1 N–H and O–H groups in total. The largest absolute Gasteiger partial charge is 0.316 e. The second kappa shape index (κ2) is 5.77. The number of hydrogen-bond acceptors (Lipinski definition) is 5. The second-order valence-electron chi connectivity index (χ2n) is 4.98. The molecule has 5 nitrogen and oxygen atoms in total. The zero-order valence-corrected chi connectivity index (χ0v) is 12.8. The molecule has 3 aromatic heterocycles. The van der Waals surface area contributed by atoms with Gasteiger partial charge in [0.1, 0.15) is 11.6 Å². The van der Waals surface area contributed by atoms with Gasteiger partial charge in [0.05, 0.1) is 18.3 Å².